The van der Waals surface area contributed by atoms with Crippen LogP contribution in [0.4, 0.5) is 15.9 Å². The van der Waals surface area contributed by atoms with Crippen molar-refractivity contribution in [1.82, 2.24) is 30.2 Å². The minimum Gasteiger partial charge on any atom is -0.421 e. The lowest BCUT2D eigenvalue weighted by molar-refractivity contribution is 0.369. The molecular formula is C22H23FN8O. The molecule has 5 heterocycles. The van der Waals surface area contributed by atoms with Gasteiger partial charge in [-0.05, 0) is 31.5 Å². The summed E-state index contributed by atoms with van der Waals surface area (Å²) >= 11 is 0. The molecule has 0 aliphatic carbocycles. The predicted molar refractivity (Wildman–Crippen MR) is 120 cm³/mol. The molecule has 9 nitrogen and oxygen atoms in total. The normalized spacial score (nSPS) is 20.6. The van der Waals surface area contributed by atoms with Crippen molar-refractivity contribution in [3.8, 4) is 11.8 Å². The number of halogens is 1. The third-order valence-electron chi connectivity index (χ3n) is 6.57. The fourth-order valence-corrected chi connectivity index (χ4v) is 5.00. The number of rotatable bonds is 4. The highest BCUT2D eigenvalue weighted by molar-refractivity contribution is 6.14. The van der Waals surface area contributed by atoms with Crippen molar-refractivity contribution < 1.29 is 9.13 Å². The second-order valence-corrected chi connectivity index (χ2v) is 8.58. The third kappa shape index (κ3) is 3.10. The van der Waals surface area contributed by atoms with Gasteiger partial charge in [0.1, 0.15) is 23.6 Å². The largest absolute Gasteiger partial charge is 0.421 e. The van der Waals surface area contributed by atoms with Crippen LogP contribution in [0.3, 0.4) is 0 Å². The Morgan fingerprint density at radius 1 is 1.19 bits per heavy atom. The number of hydrogen-bond acceptors (Lipinski definition) is 8. The van der Waals surface area contributed by atoms with Crippen molar-refractivity contribution in [3.63, 3.8) is 0 Å². The quantitative estimate of drug-likeness (QED) is 0.450. The molecule has 10 heteroatoms. The zero-order valence-electron chi connectivity index (χ0n) is 17.7. The first-order valence-corrected chi connectivity index (χ1v) is 10.7. The van der Waals surface area contributed by atoms with Gasteiger partial charge < -0.3 is 25.3 Å². The number of anilines is 2. The van der Waals surface area contributed by atoms with Crippen LogP contribution in [0.15, 0.2) is 30.9 Å². The second kappa shape index (κ2) is 7.27. The summed E-state index contributed by atoms with van der Waals surface area (Å²) in [5.74, 6) is 0.895. The minimum absolute atomic E-state index is 0.200. The molecule has 32 heavy (non-hydrogen) atoms. The SMILES string of the molecule is CNc1cc(F)cc2c1[nH]c1nc(Oc3cncnc3)nc(N3CCC4(CCNC4)C3)c12. The summed E-state index contributed by atoms with van der Waals surface area (Å²) in [6.07, 6.45) is 6.80. The van der Waals surface area contributed by atoms with E-state index in [-0.39, 0.29) is 17.2 Å². The summed E-state index contributed by atoms with van der Waals surface area (Å²) in [5.41, 5.74) is 2.31. The molecule has 164 valence electrons. The molecule has 0 radical (unpaired) electrons. The van der Waals surface area contributed by atoms with E-state index in [4.69, 9.17) is 9.72 Å². The van der Waals surface area contributed by atoms with Crippen LogP contribution < -0.4 is 20.3 Å². The maximum atomic E-state index is 14.5. The van der Waals surface area contributed by atoms with Crippen molar-refractivity contribution in [2.24, 2.45) is 5.41 Å². The Morgan fingerprint density at radius 2 is 2.06 bits per heavy atom. The number of fused-ring (bicyclic) bond motifs is 3. The van der Waals surface area contributed by atoms with Crippen LogP contribution in [-0.2, 0) is 0 Å². The lowest BCUT2D eigenvalue weighted by Crippen LogP contribution is -2.29. The molecule has 1 atom stereocenters. The molecule has 2 fully saturated rings. The summed E-state index contributed by atoms with van der Waals surface area (Å²) in [6, 6.07) is 3.21. The van der Waals surface area contributed by atoms with Crippen molar-refractivity contribution in [3.05, 3.63) is 36.7 Å². The van der Waals surface area contributed by atoms with E-state index >= 15 is 0 Å². The number of aromatic nitrogens is 5. The summed E-state index contributed by atoms with van der Waals surface area (Å²) in [6.45, 7) is 3.82. The highest BCUT2D eigenvalue weighted by Gasteiger charge is 2.41. The second-order valence-electron chi connectivity index (χ2n) is 8.58. The number of aromatic amines is 1. The average Bonchev–Trinajstić information content (AvgIpc) is 3.53. The molecule has 1 spiro atoms. The lowest BCUT2D eigenvalue weighted by Gasteiger charge is -2.24. The van der Waals surface area contributed by atoms with Gasteiger partial charge >= 0.3 is 6.01 Å². The monoisotopic (exact) mass is 434 g/mol. The first-order valence-electron chi connectivity index (χ1n) is 10.7. The standard InChI is InChI=1S/C22H23FN8O/c1-24-16-7-13(23)6-15-17-19(28-18(15)16)29-21(32-14-8-26-12-27-9-14)30-20(17)31-5-3-22(11-31)2-4-25-10-22/h6-9,12,24-25H,2-5,10-11H2,1H3,(H,28,29,30). The van der Waals surface area contributed by atoms with E-state index in [0.29, 0.717) is 17.1 Å². The lowest BCUT2D eigenvalue weighted by atomic mass is 9.87. The van der Waals surface area contributed by atoms with E-state index in [0.717, 1.165) is 61.1 Å². The summed E-state index contributed by atoms with van der Waals surface area (Å²) in [7, 11) is 1.77. The van der Waals surface area contributed by atoms with Gasteiger partial charge in [-0.1, -0.05) is 0 Å². The van der Waals surface area contributed by atoms with Crippen LogP contribution in [0.1, 0.15) is 12.8 Å². The van der Waals surface area contributed by atoms with Gasteiger partial charge in [0.15, 0.2) is 5.75 Å². The maximum absolute atomic E-state index is 14.5. The molecule has 2 saturated heterocycles. The fraction of sp³-hybridized carbons (Fsp3) is 0.364. The number of ether oxygens (including phenoxy) is 1. The Morgan fingerprint density at radius 3 is 2.84 bits per heavy atom. The van der Waals surface area contributed by atoms with E-state index < -0.39 is 0 Å². The molecule has 3 aromatic heterocycles. The van der Waals surface area contributed by atoms with Gasteiger partial charge in [0.05, 0.1) is 29.0 Å². The molecule has 0 bridgehead atoms. The Kier molecular flexibility index (Phi) is 4.35. The predicted octanol–water partition coefficient (Wildman–Crippen LogP) is 3.06. The fourth-order valence-electron chi connectivity index (χ4n) is 5.00. The van der Waals surface area contributed by atoms with Gasteiger partial charge in [-0.2, -0.15) is 9.97 Å². The zero-order chi connectivity index (χ0) is 21.7. The van der Waals surface area contributed by atoms with E-state index in [9.17, 15) is 4.39 Å². The van der Waals surface area contributed by atoms with Crippen molar-refractivity contribution in [2.75, 3.05) is 43.4 Å². The van der Waals surface area contributed by atoms with Crippen LogP contribution in [-0.4, -0.2) is 58.1 Å². The molecule has 0 amide bonds. The molecular weight excluding hydrogens is 411 g/mol. The van der Waals surface area contributed by atoms with Crippen molar-refractivity contribution >= 4 is 33.4 Å². The van der Waals surface area contributed by atoms with Gasteiger partial charge in [0.2, 0.25) is 0 Å². The molecule has 0 saturated carbocycles. The molecule has 1 unspecified atom stereocenters. The first kappa shape index (κ1) is 19.2. The van der Waals surface area contributed by atoms with Crippen molar-refractivity contribution in [2.45, 2.75) is 12.8 Å². The van der Waals surface area contributed by atoms with Crippen LogP contribution in [0.2, 0.25) is 0 Å². The summed E-state index contributed by atoms with van der Waals surface area (Å²) in [4.78, 5) is 23.0. The van der Waals surface area contributed by atoms with E-state index in [1.54, 1.807) is 19.4 Å². The van der Waals surface area contributed by atoms with Gasteiger partial charge in [-0.25, -0.2) is 14.4 Å². The van der Waals surface area contributed by atoms with Crippen LogP contribution in [0, 0.1) is 11.2 Å². The number of benzene rings is 1. The summed E-state index contributed by atoms with van der Waals surface area (Å²) in [5, 5.41) is 8.11. The number of nitrogens with one attached hydrogen (secondary N) is 3. The van der Waals surface area contributed by atoms with Gasteiger partial charge in [-0.15, -0.1) is 0 Å². The Balaban J connectivity index is 1.53. The van der Waals surface area contributed by atoms with Crippen molar-refractivity contribution in [1.29, 1.82) is 0 Å². The molecule has 2 aliphatic rings. The highest BCUT2D eigenvalue weighted by atomic mass is 19.1. The molecule has 6 rings (SSSR count). The van der Waals surface area contributed by atoms with Crippen LogP contribution in [0.25, 0.3) is 21.9 Å². The number of hydrogen-bond donors (Lipinski definition) is 3. The van der Waals surface area contributed by atoms with Gasteiger partial charge in [0, 0.05) is 37.5 Å². The summed E-state index contributed by atoms with van der Waals surface area (Å²) < 4.78 is 20.3. The minimum atomic E-state index is -0.312. The molecule has 4 aromatic rings. The van der Waals surface area contributed by atoms with Crippen LogP contribution >= 0.6 is 0 Å². The topological polar surface area (TPSA) is 104 Å². The highest BCUT2D eigenvalue weighted by Crippen LogP contribution is 2.42. The third-order valence-corrected chi connectivity index (χ3v) is 6.57. The number of H-pyrrole nitrogens is 1. The zero-order valence-corrected chi connectivity index (χ0v) is 17.7. The Labute approximate surface area is 183 Å². The van der Waals surface area contributed by atoms with E-state index in [2.05, 4.69) is 35.5 Å². The van der Waals surface area contributed by atoms with Gasteiger partial charge in [-0.3, -0.25) is 0 Å². The average molecular weight is 434 g/mol. The number of nitrogens with zero attached hydrogens (tertiary/aromatic N) is 5. The van der Waals surface area contributed by atoms with Gasteiger partial charge in [0.25, 0.3) is 0 Å². The first-order chi connectivity index (χ1) is 15.6. The molecule has 3 N–H and O–H groups in total. The van der Waals surface area contributed by atoms with E-state index in [1.807, 2.05) is 0 Å². The molecule has 2 aliphatic heterocycles. The van der Waals surface area contributed by atoms with Crippen LogP contribution in [0.5, 0.6) is 11.8 Å². The smallest absolute Gasteiger partial charge is 0.326 e. The Hall–Kier alpha value is -3.53. The Bertz CT molecular complexity index is 1300. The van der Waals surface area contributed by atoms with E-state index in [1.165, 1.54) is 18.5 Å². The molecule has 1 aromatic carbocycles. The maximum Gasteiger partial charge on any atom is 0.326 e.